The first-order chi connectivity index (χ1) is 17.1. The van der Waals surface area contributed by atoms with Gasteiger partial charge in [0.15, 0.2) is 5.75 Å². The quantitative estimate of drug-likeness (QED) is 0.196. The van der Waals surface area contributed by atoms with Crippen LogP contribution in [0, 0.1) is 6.92 Å². The van der Waals surface area contributed by atoms with Crippen LogP contribution in [0.4, 0.5) is 17.1 Å². The van der Waals surface area contributed by atoms with Gasteiger partial charge in [-0.3, -0.25) is 9.35 Å². The van der Waals surface area contributed by atoms with E-state index in [1.54, 1.807) is 48.5 Å². The van der Waals surface area contributed by atoms with Crippen LogP contribution in [0.25, 0.3) is 10.8 Å². The third-order valence-electron chi connectivity index (χ3n) is 5.35. The molecule has 0 spiro atoms. The van der Waals surface area contributed by atoms with Crippen molar-refractivity contribution >= 4 is 55.5 Å². The minimum absolute atomic E-state index is 0.0195. The highest BCUT2D eigenvalue weighted by Crippen LogP contribution is 2.40. The minimum atomic E-state index is -4.52. The van der Waals surface area contributed by atoms with E-state index in [0.29, 0.717) is 22.2 Å². The zero-order valence-corrected chi connectivity index (χ0v) is 20.6. The van der Waals surface area contributed by atoms with Gasteiger partial charge in [-0.05, 0) is 48.2 Å². The molecule has 0 fully saturated rings. The summed E-state index contributed by atoms with van der Waals surface area (Å²) < 4.78 is 38.0. The Hall–Kier alpha value is -3.99. The van der Waals surface area contributed by atoms with Crippen molar-refractivity contribution in [3.8, 4) is 11.5 Å². The standard InChI is InChI=1S/C25H20ClN3O6S/c1-14-10-20(26)21(13-22(14)36(32,33)34)28-29-23-18-9-4-3-6-15(18)11-19(24(23)30)25(31)27-16-7-5-8-17(12-16)35-2/h3-13,30H,1-2H3,(H,27,31)(H,32,33,34). The number of benzene rings is 4. The molecule has 184 valence electrons. The van der Waals surface area contributed by atoms with Crippen LogP contribution in [0.5, 0.6) is 11.5 Å². The van der Waals surface area contributed by atoms with Gasteiger partial charge in [-0.25, -0.2) is 0 Å². The Kier molecular flexibility index (Phi) is 6.93. The summed E-state index contributed by atoms with van der Waals surface area (Å²) in [6.07, 6.45) is 0. The number of methoxy groups -OCH3 is 1. The van der Waals surface area contributed by atoms with E-state index >= 15 is 0 Å². The van der Waals surface area contributed by atoms with Crippen LogP contribution in [-0.2, 0) is 10.1 Å². The number of amides is 1. The number of nitrogens with one attached hydrogen (secondary N) is 1. The molecule has 0 aliphatic heterocycles. The number of aryl methyl sites for hydroxylation is 1. The van der Waals surface area contributed by atoms with E-state index in [4.69, 9.17) is 16.3 Å². The van der Waals surface area contributed by atoms with Crippen molar-refractivity contribution in [1.29, 1.82) is 0 Å². The molecule has 36 heavy (non-hydrogen) atoms. The summed E-state index contributed by atoms with van der Waals surface area (Å²) in [5, 5.41) is 23.0. The number of halogens is 1. The van der Waals surface area contributed by atoms with Gasteiger partial charge in [-0.15, -0.1) is 10.2 Å². The van der Waals surface area contributed by atoms with Crippen LogP contribution >= 0.6 is 11.6 Å². The zero-order valence-electron chi connectivity index (χ0n) is 19.1. The predicted octanol–water partition coefficient (Wildman–Crippen LogP) is 6.43. The summed E-state index contributed by atoms with van der Waals surface area (Å²) in [5.74, 6) is -0.481. The molecule has 0 saturated carbocycles. The molecule has 4 aromatic carbocycles. The second-order valence-electron chi connectivity index (χ2n) is 7.77. The number of hydrogen-bond acceptors (Lipinski definition) is 7. The molecule has 1 amide bonds. The smallest absolute Gasteiger partial charge is 0.294 e. The van der Waals surface area contributed by atoms with E-state index < -0.39 is 21.8 Å². The number of carbonyl (C=O) groups is 1. The summed E-state index contributed by atoms with van der Waals surface area (Å²) in [5.41, 5.74) is 0.558. The lowest BCUT2D eigenvalue weighted by molar-refractivity contribution is 0.102. The van der Waals surface area contributed by atoms with Gasteiger partial charge < -0.3 is 15.2 Å². The lowest BCUT2D eigenvalue weighted by atomic mass is 10.0. The highest BCUT2D eigenvalue weighted by molar-refractivity contribution is 7.85. The Morgan fingerprint density at radius 1 is 1.03 bits per heavy atom. The first kappa shape index (κ1) is 25.1. The average molecular weight is 526 g/mol. The monoisotopic (exact) mass is 525 g/mol. The normalized spacial score (nSPS) is 11.7. The summed E-state index contributed by atoms with van der Waals surface area (Å²) in [7, 11) is -3.02. The number of carbonyl (C=O) groups excluding carboxylic acids is 1. The van der Waals surface area contributed by atoms with E-state index in [1.165, 1.54) is 26.2 Å². The number of phenolic OH excluding ortho intramolecular Hbond substituents is 1. The molecule has 3 N–H and O–H groups in total. The Bertz CT molecular complexity index is 1640. The topological polar surface area (TPSA) is 138 Å². The fourth-order valence-electron chi connectivity index (χ4n) is 3.59. The fraction of sp³-hybridized carbons (Fsp3) is 0.0800. The second kappa shape index (κ2) is 9.94. The summed E-state index contributed by atoms with van der Waals surface area (Å²) in [6.45, 7) is 1.47. The van der Waals surface area contributed by atoms with Gasteiger partial charge >= 0.3 is 0 Å². The van der Waals surface area contributed by atoms with Gasteiger partial charge in [0.2, 0.25) is 0 Å². The molecule has 0 radical (unpaired) electrons. The van der Waals surface area contributed by atoms with Crippen molar-refractivity contribution in [2.24, 2.45) is 10.2 Å². The molecule has 0 aliphatic rings. The maximum absolute atomic E-state index is 13.1. The van der Waals surface area contributed by atoms with Crippen molar-refractivity contribution in [2.45, 2.75) is 11.8 Å². The predicted molar refractivity (Wildman–Crippen MR) is 137 cm³/mol. The van der Waals surface area contributed by atoms with E-state index in [2.05, 4.69) is 15.5 Å². The zero-order chi connectivity index (χ0) is 26.0. The molecule has 0 atom stereocenters. The number of rotatable bonds is 6. The molecular formula is C25H20ClN3O6S. The Labute approximate surface area is 211 Å². The number of aromatic hydroxyl groups is 1. The maximum atomic E-state index is 13.1. The van der Waals surface area contributed by atoms with E-state index in [9.17, 15) is 22.9 Å². The molecule has 11 heteroatoms. The van der Waals surface area contributed by atoms with Gasteiger partial charge in [-0.1, -0.05) is 41.9 Å². The Balaban J connectivity index is 1.80. The second-order valence-corrected chi connectivity index (χ2v) is 9.57. The molecule has 4 rings (SSSR count). The molecule has 4 aromatic rings. The van der Waals surface area contributed by atoms with Gasteiger partial charge in [0.25, 0.3) is 16.0 Å². The van der Waals surface area contributed by atoms with Crippen molar-refractivity contribution < 1.29 is 27.6 Å². The van der Waals surface area contributed by atoms with Crippen LogP contribution in [-0.4, -0.2) is 31.1 Å². The van der Waals surface area contributed by atoms with E-state index in [0.717, 1.165) is 6.07 Å². The average Bonchev–Trinajstić information content (AvgIpc) is 2.83. The van der Waals surface area contributed by atoms with E-state index in [1.807, 2.05) is 0 Å². The van der Waals surface area contributed by atoms with Gasteiger partial charge in [0, 0.05) is 17.1 Å². The van der Waals surface area contributed by atoms with E-state index in [-0.39, 0.29) is 32.4 Å². The number of azo groups is 1. The first-order valence-corrected chi connectivity index (χ1v) is 12.3. The lowest BCUT2D eigenvalue weighted by Gasteiger charge is -2.12. The van der Waals surface area contributed by atoms with Crippen molar-refractivity contribution in [3.63, 3.8) is 0 Å². The molecule has 0 unspecified atom stereocenters. The van der Waals surface area contributed by atoms with Crippen molar-refractivity contribution in [3.05, 3.63) is 82.9 Å². The van der Waals surface area contributed by atoms with Crippen molar-refractivity contribution in [1.82, 2.24) is 0 Å². The van der Waals surface area contributed by atoms with Crippen LogP contribution in [0.3, 0.4) is 0 Å². The van der Waals surface area contributed by atoms with Gasteiger partial charge in [-0.2, -0.15) is 8.42 Å². The Morgan fingerprint density at radius 2 is 1.78 bits per heavy atom. The SMILES string of the molecule is COc1cccc(NC(=O)c2cc3ccccc3c(N=Nc3cc(S(=O)(=O)O)c(C)cc3Cl)c2O)c1. The number of ether oxygens (including phenoxy) is 1. The highest BCUT2D eigenvalue weighted by Gasteiger charge is 2.20. The van der Waals surface area contributed by atoms with Crippen LogP contribution in [0.15, 0.2) is 81.9 Å². The number of anilines is 1. The van der Waals surface area contributed by atoms with Crippen LogP contribution in [0.2, 0.25) is 5.02 Å². The first-order valence-electron chi connectivity index (χ1n) is 10.5. The molecule has 0 heterocycles. The summed E-state index contributed by atoms with van der Waals surface area (Å²) in [6, 6.07) is 17.6. The van der Waals surface area contributed by atoms with Crippen molar-refractivity contribution in [2.75, 3.05) is 12.4 Å². The molecule has 0 aliphatic carbocycles. The van der Waals surface area contributed by atoms with Crippen LogP contribution < -0.4 is 10.1 Å². The van der Waals surface area contributed by atoms with Gasteiger partial charge in [0.05, 0.1) is 22.6 Å². The molecular weight excluding hydrogens is 506 g/mol. The summed E-state index contributed by atoms with van der Waals surface area (Å²) in [4.78, 5) is 12.7. The molecule has 9 nitrogen and oxygen atoms in total. The number of fused-ring (bicyclic) bond motifs is 1. The number of hydrogen-bond donors (Lipinski definition) is 3. The lowest BCUT2D eigenvalue weighted by Crippen LogP contribution is -2.12. The minimum Gasteiger partial charge on any atom is -0.505 e. The number of nitrogens with zero attached hydrogens (tertiary/aromatic N) is 2. The van der Waals surface area contributed by atoms with Gasteiger partial charge in [0.1, 0.15) is 17.1 Å². The highest BCUT2D eigenvalue weighted by atomic mass is 35.5. The molecule has 0 aromatic heterocycles. The Morgan fingerprint density at radius 3 is 2.50 bits per heavy atom. The van der Waals surface area contributed by atoms with Crippen LogP contribution in [0.1, 0.15) is 15.9 Å². The molecule has 0 bridgehead atoms. The molecule has 0 saturated heterocycles. The number of phenols is 1. The third kappa shape index (κ3) is 5.15. The summed E-state index contributed by atoms with van der Waals surface area (Å²) >= 11 is 6.21. The largest absolute Gasteiger partial charge is 0.505 e. The maximum Gasteiger partial charge on any atom is 0.294 e. The fourth-order valence-corrected chi connectivity index (χ4v) is 4.57. The third-order valence-corrected chi connectivity index (χ3v) is 6.65.